The molecule has 4 nitrogen and oxygen atoms in total. The number of aromatic nitrogens is 1. The van der Waals surface area contributed by atoms with E-state index in [1.54, 1.807) is 31.6 Å². The average Bonchev–Trinajstić information content (AvgIpc) is 2.55. The molecule has 0 fully saturated rings. The van der Waals surface area contributed by atoms with Gasteiger partial charge in [-0.15, -0.1) is 0 Å². The maximum atomic E-state index is 8.92. The van der Waals surface area contributed by atoms with Crippen LogP contribution in [-0.4, -0.2) is 18.7 Å². The molecule has 0 saturated heterocycles. The molecule has 0 unspecified atom stereocenters. The number of nitrogens with zero attached hydrogens (tertiary/aromatic N) is 2. The Bertz CT molecular complexity index is 606. The molecule has 0 aliphatic heterocycles. The summed E-state index contributed by atoms with van der Waals surface area (Å²) in [5, 5.41) is 8.92. The van der Waals surface area contributed by atoms with Gasteiger partial charge in [-0.25, -0.2) is 0 Å². The van der Waals surface area contributed by atoms with Crippen molar-refractivity contribution in [3.05, 3.63) is 59.4 Å². The molecule has 21 heavy (non-hydrogen) atoms. The number of pyridine rings is 1. The fraction of sp³-hybridized carbons (Fsp3) is 0.294. The molecular formula is C17H18N2O2. The average molecular weight is 282 g/mol. The number of nitriles is 1. The van der Waals surface area contributed by atoms with Gasteiger partial charge in [-0.05, 0) is 48.7 Å². The second-order valence-electron chi connectivity index (χ2n) is 4.65. The van der Waals surface area contributed by atoms with Crippen LogP contribution in [0.25, 0.3) is 0 Å². The van der Waals surface area contributed by atoms with Crippen molar-refractivity contribution in [3.63, 3.8) is 0 Å². The van der Waals surface area contributed by atoms with Gasteiger partial charge in [0.1, 0.15) is 5.75 Å². The van der Waals surface area contributed by atoms with Crippen LogP contribution in [0.15, 0.2) is 42.7 Å². The maximum absolute atomic E-state index is 8.92. The molecule has 2 rings (SSSR count). The Hall–Kier alpha value is -2.38. The van der Waals surface area contributed by atoms with Crippen LogP contribution in [-0.2, 0) is 17.8 Å². The zero-order chi connectivity index (χ0) is 14.9. The second-order valence-corrected chi connectivity index (χ2v) is 4.65. The molecule has 0 atom stereocenters. The first-order valence-electron chi connectivity index (χ1n) is 6.87. The van der Waals surface area contributed by atoms with E-state index >= 15 is 0 Å². The second kappa shape index (κ2) is 8.03. The minimum Gasteiger partial charge on any atom is -0.496 e. The highest BCUT2D eigenvalue weighted by Crippen LogP contribution is 2.20. The quantitative estimate of drug-likeness (QED) is 0.732. The number of hydrogen-bond donors (Lipinski definition) is 0. The minimum atomic E-state index is 0.453. The van der Waals surface area contributed by atoms with Crippen LogP contribution in [0.4, 0.5) is 0 Å². The van der Waals surface area contributed by atoms with Gasteiger partial charge in [0.25, 0.3) is 0 Å². The van der Waals surface area contributed by atoms with Crippen molar-refractivity contribution in [1.82, 2.24) is 4.98 Å². The summed E-state index contributed by atoms with van der Waals surface area (Å²) in [6.07, 6.45) is 5.52. The number of methoxy groups -OCH3 is 1. The number of hydrogen-bond acceptors (Lipinski definition) is 4. The van der Waals surface area contributed by atoms with Crippen molar-refractivity contribution in [1.29, 1.82) is 5.26 Å². The largest absolute Gasteiger partial charge is 0.496 e. The lowest BCUT2D eigenvalue weighted by Crippen LogP contribution is -2.00. The fourth-order valence-corrected chi connectivity index (χ4v) is 2.07. The molecule has 0 saturated carbocycles. The van der Waals surface area contributed by atoms with Crippen molar-refractivity contribution < 1.29 is 9.47 Å². The Balaban J connectivity index is 1.79. The lowest BCUT2D eigenvalue weighted by atomic mass is 10.1. The van der Waals surface area contributed by atoms with Crippen molar-refractivity contribution >= 4 is 0 Å². The molecule has 0 aliphatic carbocycles. The third-order valence-corrected chi connectivity index (χ3v) is 3.17. The van der Waals surface area contributed by atoms with Crippen molar-refractivity contribution in [2.24, 2.45) is 0 Å². The molecular weight excluding hydrogens is 264 g/mol. The van der Waals surface area contributed by atoms with E-state index in [0.717, 1.165) is 24.2 Å². The third kappa shape index (κ3) is 4.59. The highest BCUT2D eigenvalue weighted by atomic mass is 16.5. The Labute approximate surface area is 125 Å². The molecule has 0 bridgehead atoms. The molecule has 4 heteroatoms. The Morgan fingerprint density at radius 1 is 1.19 bits per heavy atom. The first kappa shape index (κ1) is 15.0. The van der Waals surface area contributed by atoms with E-state index in [-0.39, 0.29) is 0 Å². The van der Waals surface area contributed by atoms with Crippen LogP contribution >= 0.6 is 0 Å². The van der Waals surface area contributed by atoms with Crippen LogP contribution in [0.1, 0.15) is 23.1 Å². The van der Waals surface area contributed by atoms with Crippen molar-refractivity contribution in [2.75, 3.05) is 13.7 Å². The van der Waals surface area contributed by atoms with Crippen molar-refractivity contribution in [3.8, 4) is 11.8 Å². The van der Waals surface area contributed by atoms with E-state index in [4.69, 9.17) is 14.7 Å². The molecule has 1 aromatic carbocycles. The summed E-state index contributed by atoms with van der Waals surface area (Å²) in [7, 11) is 1.62. The number of aryl methyl sites for hydroxylation is 1. The van der Waals surface area contributed by atoms with Gasteiger partial charge in [0, 0.05) is 24.6 Å². The fourth-order valence-electron chi connectivity index (χ4n) is 2.07. The van der Waals surface area contributed by atoms with Gasteiger partial charge >= 0.3 is 0 Å². The molecule has 0 spiro atoms. The van der Waals surface area contributed by atoms with Gasteiger partial charge in [-0.2, -0.15) is 5.26 Å². The summed E-state index contributed by atoms with van der Waals surface area (Å²) < 4.78 is 11.0. The highest BCUT2D eigenvalue weighted by Gasteiger charge is 2.04. The molecule has 0 radical (unpaired) electrons. The summed E-state index contributed by atoms with van der Waals surface area (Å²) in [6, 6.07) is 11.5. The smallest absolute Gasteiger partial charge is 0.124 e. The zero-order valence-electron chi connectivity index (χ0n) is 12.1. The van der Waals surface area contributed by atoms with Gasteiger partial charge < -0.3 is 9.47 Å². The van der Waals surface area contributed by atoms with Crippen LogP contribution in [0, 0.1) is 11.3 Å². The van der Waals surface area contributed by atoms with Crippen molar-refractivity contribution in [2.45, 2.75) is 19.4 Å². The first-order chi connectivity index (χ1) is 10.3. The molecule has 0 N–H and O–H groups in total. The van der Waals surface area contributed by atoms with Gasteiger partial charge in [0.05, 0.1) is 25.3 Å². The lowest BCUT2D eigenvalue weighted by Gasteiger charge is -2.09. The predicted octanol–water partition coefficient (Wildman–Crippen LogP) is 3.11. The Kier molecular flexibility index (Phi) is 5.74. The molecule has 108 valence electrons. The first-order valence-corrected chi connectivity index (χ1v) is 6.87. The van der Waals surface area contributed by atoms with Gasteiger partial charge in [0.15, 0.2) is 0 Å². The molecule has 0 amide bonds. The summed E-state index contributed by atoms with van der Waals surface area (Å²) in [5.74, 6) is 0.753. The topological polar surface area (TPSA) is 55.1 Å². The summed E-state index contributed by atoms with van der Waals surface area (Å²) in [5.41, 5.74) is 2.78. The minimum absolute atomic E-state index is 0.453. The zero-order valence-corrected chi connectivity index (χ0v) is 12.1. The normalized spacial score (nSPS) is 10.1. The summed E-state index contributed by atoms with van der Waals surface area (Å²) in [6.45, 7) is 1.12. The Morgan fingerprint density at radius 2 is 2.00 bits per heavy atom. The predicted molar refractivity (Wildman–Crippen MR) is 79.9 cm³/mol. The number of ether oxygens (including phenoxy) is 2. The van der Waals surface area contributed by atoms with E-state index in [2.05, 4.69) is 11.1 Å². The van der Waals surface area contributed by atoms with E-state index < -0.39 is 0 Å². The standard InChI is InChI=1S/C17H18N2O2/c1-20-17-5-4-15(12-18)11-16(17)13-21-10-2-3-14-6-8-19-9-7-14/h4-9,11H,2-3,10,13H2,1H3. The molecule has 1 heterocycles. The van der Waals surface area contributed by atoms with Crippen LogP contribution < -0.4 is 4.74 Å². The number of rotatable bonds is 7. The van der Waals surface area contributed by atoms with E-state index in [0.29, 0.717) is 18.8 Å². The highest BCUT2D eigenvalue weighted by molar-refractivity contribution is 5.41. The summed E-state index contributed by atoms with van der Waals surface area (Å²) in [4.78, 5) is 3.99. The lowest BCUT2D eigenvalue weighted by molar-refractivity contribution is 0.117. The monoisotopic (exact) mass is 282 g/mol. The van der Waals surface area contributed by atoms with E-state index in [1.807, 2.05) is 18.2 Å². The summed E-state index contributed by atoms with van der Waals surface area (Å²) >= 11 is 0. The van der Waals surface area contributed by atoms with E-state index in [1.165, 1.54) is 5.56 Å². The van der Waals surface area contributed by atoms with Crippen LogP contribution in [0.2, 0.25) is 0 Å². The van der Waals surface area contributed by atoms with Gasteiger partial charge in [0.2, 0.25) is 0 Å². The molecule has 2 aromatic rings. The van der Waals surface area contributed by atoms with Crippen LogP contribution in [0.3, 0.4) is 0 Å². The number of benzene rings is 1. The maximum Gasteiger partial charge on any atom is 0.124 e. The van der Waals surface area contributed by atoms with Gasteiger partial charge in [-0.1, -0.05) is 0 Å². The SMILES string of the molecule is COc1ccc(C#N)cc1COCCCc1ccncc1. The molecule has 1 aromatic heterocycles. The van der Waals surface area contributed by atoms with Crippen LogP contribution in [0.5, 0.6) is 5.75 Å². The third-order valence-electron chi connectivity index (χ3n) is 3.17. The Morgan fingerprint density at radius 3 is 2.71 bits per heavy atom. The van der Waals surface area contributed by atoms with E-state index in [9.17, 15) is 0 Å². The van der Waals surface area contributed by atoms with Gasteiger partial charge in [-0.3, -0.25) is 4.98 Å². The molecule has 0 aliphatic rings.